The van der Waals surface area contributed by atoms with Crippen molar-refractivity contribution in [2.75, 3.05) is 24.4 Å². The maximum Gasteiger partial charge on any atom is 0.337 e. The van der Waals surface area contributed by atoms with E-state index in [9.17, 15) is 14.4 Å². The molecule has 0 aliphatic heterocycles. The zero-order valence-electron chi connectivity index (χ0n) is 13.5. The number of anilines is 2. The average Bonchev–Trinajstić information content (AvgIpc) is 2.61. The maximum absolute atomic E-state index is 12.1. The summed E-state index contributed by atoms with van der Waals surface area (Å²) in [6.07, 6.45) is -0.274. The predicted molar refractivity (Wildman–Crippen MR) is 90.9 cm³/mol. The molecule has 6 nitrogen and oxygen atoms in total. The van der Waals surface area contributed by atoms with Crippen molar-refractivity contribution in [3.63, 3.8) is 0 Å². The lowest BCUT2D eigenvalue weighted by atomic mass is 10.2. The number of para-hydroxylation sites is 1. The highest BCUT2D eigenvalue weighted by Gasteiger charge is 2.15. The number of nitrogens with one attached hydrogen (secondary N) is 1. The summed E-state index contributed by atoms with van der Waals surface area (Å²) < 4.78 is 4.60. The fourth-order valence-corrected chi connectivity index (χ4v) is 2.06. The average molecular weight is 326 g/mol. The molecule has 0 unspecified atom stereocenters. The van der Waals surface area contributed by atoms with Crippen LogP contribution in [-0.2, 0) is 14.3 Å². The molecule has 0 saturated carbocycles. The SMILES string of the molecule is COC(=O)c1ccc(NC(=O)CC(=O)N(C)c2ccccc2)cc1. The highest BCUT2D eigenvalue weighted by Crippen LogP contribution is 2.14. The normalized spacial score (nSPS) is 9.92. The van der Waals surface area contributed by atoms with Gasteiger partial charge in [-0.2, -0.15) is 0 Å². The van der Waals surface area contributed by atoms with Crippen LogP contribution in [-0.4, -0.2) is 31.9 Å². The molecule has 2 amide bonds. The van der Waals surface area contributed by atoms with E-state index in [-0.39, 0.29) is 12.3 Å². The van der Waals surface area contributed by atoms with Gasteiger partial charge in [-0.3, -0.25) is 9.59 Å². The van der Waals surface area contributed by atoms with Crippen LogP contribution < -0.4 is 10.2 Å². The molecule has 0 heterocycles. The van der Waals surface area contributed by atoms with Gasteiger partial charge in [-0.15, -0.1) is 0 Å². The van der Waals surface area contributed by atoms with Crippen molar-refractivity contribution in [1.29, 1.82) is 0 Å². The lowest BCUT2D eigenvalue weighted by Gasteiger charge is -2.17. The number of hydrogen-bond donors (Lipinski definition) is 1. The van der Waals surface area contributed by atoms with Gasteiger partial charge < -0.3 is 15.0 Å². The molecule has 6 heteroatoms. The van der Waals surface area contributed by atoms with Gasteiger partial charge in [0.2, 0.25) is 11.8 Å². The minimum atomic E-state index is -0.451. The van der Waals surface area contributed by atoms with Crippen molar-refractivity contribution in [1.82, 2.24) is 0 Å². The second-order valence-electron chi connectivity index (χ2n) is 5.08. The molecule has 2 aromatic carbocycles. The first kappa shape index (κ1) is 17.2. The quantitative estimate of drug-likeness (QED) is 0.676. The predicted octanol–water partition coefficient (Wildman–Crippen LogP) is 2.46. The number of benzene rings is 2. The number of esters is 1. The number of nitrogens with zero attached hydrogens (tertiary/aromatic N) is 1. The molecule has 2 aromatic rings. The first-order valence-corrected chi connectivity index (χ1v) is 7.31. The maximum atomic E-state index is 12.1. The minimum absolute atomic E-state index is 0.274. The number of hydrogen-bond acceptors (Lipinski definition) is 4. The Morgan fingerprint density at radius 2 is 1.62 bits per heavy atom. The fraction of sp³-hybridized carbons (Fsp3) is 0.167. The topological polar surface area (TPSA) is 75.7 Å². The molecular weight excluding hydrogens is 308 g/mol. The van der Waals surface area contributed by atoms with Crippen molar-refractivity contribution in [2.45, 2.75) is 6.42 Å². The molecule has 0 aliphatic rings. The number of carbonyl (C=O) groups is 3. The zero-order chi connectivity index (χ0) is 17.5. The number of ether oxygens (including phenoxy) is 1. The lowest BCUT2D eigenvalue weighted by molar-refractivity contribution is -0.125. The first-order chi connectivity index (χ1) is 11.5. The van der Waals surface area contributed by atoms with Crippen molar-refractivity contribution in [2.24, 2.45) is 0 Å². The Balaban J connectivity index is 1.93. The number of carbonyl (C=O) groups excluding carboxylic acids is 3. The number of methoxy groups -OCH3 is 1. The number of amides is 2. The third-order valence-electron chi connectivity index (χ3n) is 3.42. The Labute approximate surface area is 140 Å². The van der Waals surface area contributed by atoms with E-state index in [1.807, 2.05) is 18.2 Å². The monoisotopic (exact) mass is 326 g/mol. The standard InChI is InChI=1S/C18H18N2O4/c1-20(15-6-4-3-5-7-15)17(22)12-16(21)19-14-10-8-13(9-11-14)18(23)24-2/h3-11H,12H2,1-2H3,(H,19,21). The van der Waals surface area contributed by atoms with Crippen LogP contribution >= 0.6 is 0 Å². The van der Waals surface area contributed by atoms with Crippen molar-refractivity contribution in [3.8, 4) is 0 Å². The van der Waals surface area contributed by atoms with E-state index in [2.05, 4.69) is 10.1 Å². The summed E-state index contributed by atoms with van der Waals surface area (Å²) in [7, 11) is 2.92. The van der Waals surface area contributed by atoms with Gasteiger partial charge >= 0.3 is 5.97 Å². The van der Waals surface area contributed by atoms with Gasteiger partial charge in [-0.1, -0.05) is 18.2 Å². The number of rotatable bonds is 5. The molecule has 124 valence electrons. The van der Waals surface area contributed by atoms with Crippen molar-refractivity contribution >= 4 is 29.2 Å². The molecule has 0 aliphatic carbocycles. The van der Waals surface area contributed by atoms with E-state index < -0.39 is 11.9 Å². The smallest absolute Gasteiger partial charge is 0.337 e. The van der Waals surface area contributed by atoms with Crippen LogP contribution in [0.5, 0.6) is 0 Å². The molecule has 0 atom stereocenters. The van der Waals surface area contributed by atoms with Crippen molar-refractivity contribution < 1.29 is 19.1 Å². The molecule has 1 N–H and O–H groups in total. The lowest BCUT2D eigenvalue weighted by Crippen LogP contribution is -2.30. The van der Waals surface area contributed by atoms with Gasteiger partial charge in [0.15, 0.2) is 0 Å². The van der Waals surface area contributed by atoms with E-state index in [0.29, 0.717) is 11.3 Å². The van der Waals surface area contributed by atoms with Crippen LogP contribution in [0.1, 0.15) is 16.8 Å². The molecule has 0 radical (unpaired) electrons. The van der Waals surface area contributed by atoms with Crippen molar-refractivity contribution in [3.05, 3.63) is 60.2 Å². The van der Waals surface area contributed by atoms with E-state index in [0.717, 1.165) is 5.69 Å². The largest absolute Gasteiger partial charge is 0.465 e. The highest BCUT2D eigenvalue weighted by atomic mass is 16.5. The fourth-order valence-electron chi connectivity index (χ4n) is 2.06. The first-order valence-electron chi connectivity index (χ1n) is 7.31. The van der Waals surface area contributed by atoms with E-state index >= 15 is 0 Å². The van der Waals surface area contributed by atoms with Gasteiger partial charge in [0.1, 0.15) is 6.42 Å². The van der Waals surface area contributed by atoms with Crippen LogP contribution in [0.3, 0.4) is 0 Å². The summed E-state index contributed by atoms with van der Waals surface area (Å²) in [4.78, 5) is 36.9. The van der Waals surface area contributed by atoms with E-state index in [1.165, 1.54) is 12.0 Å². The molecule has 0 fully saturated rings. The molecule has 2 rings (SSSR count). The third-order valence-corrected chi connectivity index (χ3v) is 3.42. The summed E-state index contributed by atoms with van der Waals surface area (Å²) in [6.45, 7) is 0. The molecule has 0 aromatic heterocycles. The summed E-state index contributed by atoms with van der Waals surface area (Å²) in [5.74, 6) is -1.19. The van der Waals surface area contributed by atoms with Gasteiger partial charge in [0, 0.05) is 18.4 Å². The van der Waals surface area contributed by atoms with E-state index in [4.69, 9.17) is 0 Å². The zero-order valence-corrected chi connectivity index (χ0v) is 13.5. The summed E-state index contributed by atoms with van der Waals surface area (Å²) in [6, 6.07) is 15.3. The molecule has 24 heavy (non-hydrogen) atoms. The molecule has 0 saturated heterocycles. The van der Waals surface area contributed by atoms with Crippen LogP contribution in [0.25, 0.3) is 0 Å². The molecule has 0 spiro atoms. The molecular formula is C18H18N2O4. The Hall–Kier alpha value is -3.15. The minimum Gasteiger partial charge on any atom is -0.465 e. The summed E-state index contributed by atoms with van der Waals surface area (Å²) >= 11 is 0. The highest BCUT2D eigenvalue weighted by molar-refractivity contribution is 6.08. The van der Waals surface area contributed by atoms with Crippen LogP contribution in [0, 0.1) is 0 Å². The van der Waals surface area contributed by atoms with Crippen LogP contribution in [0.4, 0.5) is 11.4 Å². The van der Waals surface area contributed by atoms with Gasteiger partial charge in [-0.05, 0) is 36.4 Å². The Morgan fingerprint density at radius 1 is 1.00 bits per heavy atom. The Bertz CT molecular complexity index is 726. The Morgan fingerprint density at radius 3 is 2.21 bits per heavy atom. The van der Waals surface area contributed by atoms with Gasteiger partial charge in [-0.25, -0.2) is 4.79 Å². The Kier molecular flexibility index (Phi) is 5.68. The van der Waals surface area contributed by atoms with Gasteiger partial charge in [0.05, 0.1) is 12.7 Å². The molecule has 0 bridgehead atoms. The van der Waals surface area contributed by atoms with Gasteiger partial charge in [0.25, 0.3) is 0 Å². The summed E-state index contributed by atoms with van der Waals surface area (Å²) in [5.41, 5.74) is 1.61. The second kappa shape index (κ2) is 7.92. The third kappa shape index (κ3) is 4.42. The van der Waals surface area contributed by atoms with Crippen LogP contribution in [0.2, 0.25) is 0 Å². The second-order valence-corrected chi connectivity index (χ2v) is 5.08. The summed E-state index contributed by atoms with van der Waals surface area (Å²) in [5, 5.41) is 2.62. The van der Waals surface area contributed by atoms with Crippen LogP contribution in [0.15, 0.2) is 54.6 Å². The van der Waals surface area contributed by atoms with E-state index in [1.54, 1.807) is 43.4 Å².